The number of carbonyl (C=O) groups is 1. The van der Waals surface area contributed by atoms with Crippen LogP contribution in [-0.2, 0) is 4.74 Å². The summed E-state index contributed by atoms with van der Waals surface area (Å²) in [5, 5.41) is 0. The van der Waals surface area contributed by atoms with Gasteiger partial charge in [0, 0.05) is 26.7 Å². The van der Waals surface area contributed by atoms with Gasteiger partial charge in [-0.2, -0.15) is 0 Å². The number of nitrogens with zero attached hydrogens (tertiary/aromatic N) is 2. The molecule has 0 spiro atoms. The molecule has 0 bridgehead atoms. The maximum absolute atomic E-state index is 14.0. The Morgan fingerprint density at radius 2 is 2.00 bits per heavy atom. The van der Waals surface area contributed by atoms with Crippen LogP contribution in [0.3, 0.4) is 0 Å². The number of rotatable bonds is 3. The molecule has 1 amide bonds. The molecule has 1 aliphatic rings. The van der Waals surface area contributed by atoms with Crippen LogP contribution in [0.4, 0.5) is 20.6 Å². The van der Waals surface area contributed by atoms with Gasteiger partial charge < -0.3 is 20.3 Å². The molecule has 0 radical (unpaired) electrons. The van der Waals surface area contributed by atoms with E-state index in [4.69, 9.17) is 10.5 Å². The summed E-state index contributed by atoms with van der Waals surface area (Å²) in [5.41, 5.74) is 6.39. The minimum Gasteiger partial charge on any atom is -0.444 e. The van der Waals surface area contributed by atoms with Gasteiger partial charge >= 0.3 is 6.09 Å². The summed E-state index contributed by atoms with van der Waals surface area (Å²) >= 11 is 0. The largest absolute Gasteiger partial charge is 0.444 e. The average Bonchev–Trinajstić information content (AvgIpc) is 2.47. The van der Waals surface area contributed by atoms with Crippen LogP contribution in [0.15, 0.2) is 18.2 Å². The van der Waals surface area contributed by atoms with Gasteiger partial charge in [0.05, 0.1) is 11.4 Å². The molecule has 24 heavy (non-hydrogen) atoms. The van der Waals surface area contributed by atoms with E-state index in [1.165, 1.54) is 6.07 Å². The van der Waals surface area contributed by atoms with Crippen molar-refractivity contribution in [2.75, 3.05) is 37.3 Å². The van der Waals surface area contributed by atoms with Crippen molar-refractivity contribution >= 4 is 17.5 Å². The number of anilines is 2. The number of halogens is 1. The molecule has 1 aromatic rings. The van der Waals surface area contributed by atoms with Crippen molar-refractivity contribution in [1.29, 1.82) is 0 Å². The second kappa shape index (κ2) is 7.28. The Bertz CT molecular complexity index is 558. The minimum atomic E-state index is -0.489. The second-order valence-electron chi connectivity index (χ2n) is 7.47. The fourth-order valence-corrected chi connectivity index (χ4v) is 3.01. The number of benzene rings is 1. The molecule has 1 heterocycles. The van der Waals surface area contributed by atoms with Crippen LogP contribution < -0.4 is 10.6 Å². The minimum absolute atomic E-state index is 0.278. The molecule has 134 valence electrons. The third kappa shape index (κ3) is 4.76. The van der Waals surface area contributed by atoms with E-state index < -0.39 is 5.60 Å². The van der Waals surface area contributed by atoms with Crippen LogP contribution in [0.1, 0.15) is 33.6 Å². The highest BCUT2D eigenvalue weighted by molar-refractivity contribution is 5.68. The first kappa shape index (κ1) is 18.4. The number of nitrogen functional groups attached to an aromatic ring is 1. The number of ether oxygens (including phenoxy) is 1. The van der Waals surface area contributed by atoms with E-state index in [0.29, 0.717) is 23.8 Å². The van der Waals surface area contributed by atoms with Gasteiger partial charge in [0.15, 0.2) is 0 Å². The Hall–Kier alpha value is -1.98. The molecule has 2 N–H and O–H groups in total. The van der Waals surface area contributed by atoms with E-state index in [9.17, 15) is 9.18 Å². The van der Waals surface area contributed by atoms with E-state index in [1.807, 2.05) is 25.7 Å². The quantitative estimate of drug-likeness (QED) is 0.858. The number of piperidine rings is 1. The zero-order chi connectivity index (χ0) is 17.9. The Morgan fingerprint density at radius 3 is 2.54 bits per heavy atom. The molecular formula is C18H28FN3O2. The monoisotopic (exact) mass is 337 g/mol. The van der Waals surface area contributed by atoms with E-state index >= 15 is 0 Å². The summed E-state index contributed by atoms with van der Waals surface area (Å²) in [6.45, 7) is 7.69. The predicted octanol–water partition coefficient (Wildman–Crippen LogP) is 3.49. The number of para-hydroxylation sites is 1. The lowest BCUT2D eigenvalue weighted by atomic mass is 9.95. The fourth-order valence-electron chi connectivity index (χ4n) is 3.01. The average molecular weight is 337 g/mol. The summed E-state index contributed by atoms with van der Waals surface area (Å²) in [4.78, 5) is 15.7. The van der Waals surface area contributed by atoms with Gasteiger partial charge in [-0.3, -0.25) is 0 Å². The normalized spacial score (nSPS) is 16.1. The molecule has 0 aliphatic carbocycles. The third-order valence-corrected chi connectivity index (χ3v) is 4.19. The summed E-state index contributed by atoms with van der Waals surface area (Å²) in [6.07, 6.45) is 1.48. The number of carbonyl (C=O) groups excluding carboxylic acids is 1. The number of amides is 1. The molecule has 1 saturated heterocycles. The first-order chi connectivity index (χ1) is 11.2. The Labute approximate surface area is 143 Å². The lowest BCUT2D eigenvalue weighted by molar-refractivity contribution is 0.0266. The van der Waals surface area contributed by atoms with E-state index in [0.717, 1.165) is 25.9 Å². The van der Waals surface area contributed by atoms with Gasteiger partial charge in [0.25, 0.3) is 0 Å². The van der Waals surface area contributed by atoms with Crippen molar-refractivity contribution < 1.29 is 13.9 Å². The van der Waals surface area contributed by atoms with Crippen molar-refractivity contribution in [3.05, 3.63) is 24.0 Å². The van der Waals surface area contributed by atoms with Crippen LogP contribution in [0.2, 0.25) is 0 Å². The highest BCUT2D eigenvalue weighted by Gasteiger charge is 2.26. The van der Waals surface area contributed by atoms with Crippen molar-refractivity contribution in [2.24, 2.45) is 5.92 Å². The number of nitrogens with two attached hydrogens (primary N) is 1. The van der Waals surface area contributed by atoms with Gasteiger partial charge in [0.1, 0.15) is 11.4 Å². The lowest BCUT2D eigenvalue weighted by Crippen LogP contribution is -2.41. The SMILES string of the molecule is CN(CC1CCN(c2c(N)cccc2F)CC1)C(=O)OC(C)(C)C. The molecule has 1 fully saturated rings. The predicted molar refractivity (Wildman–Crippen MR) is 94.6 cm³/mol. The molecule has 6 heteroatoms. The molecule has 0 aromatic heterocycles. The zero-order valence-corrected chi connectivity index (χ0v) is 15.0. The van der Waals surface area contributed by atoms with Gasteiger partial charge in [-0.05, 0) is 51.7 Å². The Balaban J connectivity index is 1.88. The lowest BCUT2D eigenvalue weighted by Gasteiger charge is -2.36. The molecule has 0 saturated carbocycles. The van der Waals surface area contributed by atoms with Gasteiger partial charge in [-0.1, -0.05) is 6.07 Å². The standard InChI is InChI=1S/C18H28FN3O2/c1-18(2,3)24-17(23)21(4)12-13-8-10-22(11-9-13)16-14(19)6-5-7-15(16)20/h5-7,13H,8-12,20H2,1-4H3. The van der Waals surface area contributed by atoms with Gasteiger partial charge in [-0.15, -0.1) is 0 Å². The van der Waals surface area contributed by atoms with Crippen LogP contribution >= 0.6 is 0 Å². The summed E-state index contributed by atoms with van der Waals surface area (Å²) < 4.78 is 19.4. The van der Waals surface area contributed by atoms with Crippen molar-refractivity contribution in [2.45, 2.75) is 39.2 Å². The van der Waals surface area contributed by atoms with Crippen LogP contribution in [0.5, 0.6) is 0 Å². The first-order valence-corrected chi connectivity index (χ1v) is 8.40. The first-order valence-electron chi connectivity index (χ1n) is 8.40. The molecule has 0 atom stereocenters. The summed E-state index contributed by atoms with van der Waals surface area (Å²) in [7, 11) is 1.76. The Morgan fingerprint density at radius 1 is 1.38 bits per heavy atom. The molecule has 5 nitrogen and oxygen atoms in total. The van der Waals surface area contributed by atoms with E-state index in [2.05, 4.69) is 0 Å². The number of hydrogen-bond donors (Lipinski definition) is 1. The van der Waals surface area contributed by atoms with Crippen LogP contribution in [0, 0.1) is 11.7 Å². The topological polar surface area (TPSA) is 58.8 Å². The van der Waals surface area contributed by atoms with E-state index in [-0.39, 0.29) is 11.9 Å². The summed E-state index contributed by atoms with van der Waals surface area (Å²) in [6, 6.07) is 4.78. The molecule has 1 aliphatic heterocycles. The van der Waals surface area contributed by atoms with Gasteiger partial charge in [-0.25, -0.2) is 9.18 Å². The zero-order valence-electron chi connectivity index (χ0n) is 15.0. The smallest absolute Gasteiger partial charge is 0.410 e. The van der Waals surface area contributed by atoms with Crippen molar-refractivity contribution in [3.63, 3.8) is 0 Å². The van der Waals surface area contributed by atoms with Crippen LogP contribution in [-0.4, -0.2) is 43.3 Å². The Kier molecular flexibility index (Phi) is 5.57. The summed E-state index contributed by atoms with van der Waals surface area (Å²) in [5.74, 6) is 0.103. The molecular weight excluding hydrogens is 309 g/mol. The third-order valence-electron chi connectivity index (χ3n) is 4.19. The van der Waals surface area contributed by atoms with Crippen molar-refractivity contribution in [1.82, 2.24) is 4.90 Å². The van der Waals surface area contributed by atoms with Crippen molar-refractivity contribution in [3.8, 4) is 0 Å². The maximum Gasteiger partial charge on any atom is 0.410 e. The van der Waals surface area contributed by atoms with Gasteiger partial charge in [0.2, 0.25) is 0 Å². The fraction of sp³-hybridized carbons (Fsp3) is 0.611. The maximum atomic E-state index is 14.0. The molecule has 1 aromatic carbocycles. The molecule has 2 rings (SSSR count). The van der Waals surface area contributed by atoms with Crippen LogP contribution in [0.25, 0.3) is 0 Å². The highest BCUT2D eigenvalue weighted by atomic mass is 19.1. The second-order valence-corrected chi connectivity index (χ2v) is 7.47. The number of hydrogen-bond acceptors (Lipinski definition) is 4. The van der Waals surface area contributed by atoms with E-state index in [1.54, 1.807) is 24.1 Å². The molecule has 0 unspecified atom stereocenters. The highest BCUT2D eigenvalue weighted by Crippen LogP contribution is 2.30.